The Morgan fingerprint density at radius 3 is 2.42 bits per heavy atom. The van der Waals surface area contributed by atoms with E-state index in [-0.39, 0.29) is 4.90 Å². The highest BCUT2D eigenvalue weighted by Crippen LogP contribution is 2.17. The van der Waals surface area contributed by atoms with Crippen LogP contribution in [0.25, 0.3) is 0 Å². The first-order valence-corrected chi connectivity index (χ1v) is 7.86. The third-order valence-corrected chi connectivity index (χ3v) is 4.14. The molecule has 0 unspecified atom stereocenters. The van der Waals surface area contributed by atoms with Crippen LogP contribution >= 0.6 is 0 Å². The van der Waals surface area contributed by atoms with Crippen molar-refractivity contribution in [2.75, 3.05) is 0 Å². The van der Waals surface area contributed by atoms with Gasteiger partial charge in [0.15, 0.2) is 0 Å². The topological polar surface area (TPSA) is 43.4 Å². The summed E-state index contributed by atoms with van der Waals surface area (Å²) < 4.78 is 29.2. The van der Waals surface area contributed by atoms with E-state index < -0.39 is 16.2 Å². The monoisotopic (exact) mass is 280 g/mol. The molecular formula is C15H20O3S. The molecule has 1 aromatic rings. The Morgan fingerprint density at radius 2 is 1.89 bits per heavy atom. The van der Waals surface area contributed by atoms with Gasteiger partial charge in [0.05, 0.1) is 4.90 Å². The van der Waals surface area contributed by atoms with Gasteiger partial charge < -0.3 is 0 Å². The summed E-state index contributed by atoms with van der Waals surface area (Å²) in [7, 11) is -3.77. The number of benzene rings is 1. The summed E-state index contributed by atoms with van der Waals surface area (Å²) in [6, 6.07) is 6.53. The molecule has 0 fully saturated rings. The minimum Gasteiger partial charge on any atom is -0.250 e. The first-order valence-electron chi connectivity index (χ1n) is 6.45. The van der Waals surface area contributed by atoms with Crippen LogP contribution < -0.4 is 0 Å². The molecule has 0 aliphatic carbocycles. The second kappa shape index (κ2) is 7.32. The zero-order chi connectivity index (χ0) is 14.3. The Bertz CT molecular complexity index is 524. The van der Waals surface area contributed by atoms with Gasteiger partial charge in [0.25, 0.3) is 10.1 Å². The number of hydrogen-bond acceptors (Lipinski definition) is 3. The lowest BCUT2D eigenvalue weighted by Crippen LogP contribution is -2.17. The standard InChI is InChI=1S/C15H20O3S/c1-4-6-7-8-14(5-2)18-19(16,17)15-11-9-13(3)10-12-15/h2,9-12,14H,4,6-8H2,1,3H3/t14-/m0/s1. The maximum Gasteiger partial charge on any atom is 0.298 e. The molecule has 0 aromatic heterocycles. The van der Waals surface area contributed by atoms with Crippen molar-refractivity contribution in [2.45, 2.75) is 50.5 Å². The van der Waals surface area contributed by atoms with Crippen LogP contribution in [0.4, 0.5) is 0 Å². The molecule has 19 heavy (non-hydrogen) atoms. The third-order valence-electron chi connectivity index (χ3n) is 2.81. The van der Waals surface area contributed by atoms with Crippen molar-refractivity contribution in [3.05, 3.63) is 29.8 Å². The van der Waals surface area contributed by atoms with Gasteiger partial charge in [-0.1, -0.05) is 43.4 Å². The minimum atomic E-state index is -3.77. The summed E-state index contributed by atoms with van der Waals surface area (Å²) >= 11 is 0. The molecule has 0 heterocycles. The van der Waals surface area contributed by atoms with Crippen molar-refractivity contribution in [1.82, 2.24) is 0 Å². The molecule has 104 valence electrons. The van der Waals surface area contributed by atoms with Gasteiger partial charge in [0, 0.05) is 0 Å². The summed E-state index contributed by atoms with van der Waals surface area (Å²) in [6.45, 7) is 3.97. The van der Waals surface area contributed by atoms with E-state index in [1.165, 1.54) is 12.1 Å². The smallest absolute Gasteiger partial charge is 0.250 e. The Morgan fingerprint density at radius 1 is 1.26 bits per heavy atom. The lowest BCUT2D eigenvalue weighted by Gasteiger charge is -2.12. The Labute approximate surface area is 116 Å². The highest BCUT2D eigenvalue weighted by atomic mass is 32.2. The minimum absolute atomic E-state index is 0.147. The van der Waals surface area contributed by atoms with E-state index in [0.29, 0.717) is 6.42 Å². The fourth-order valence-electron chi connectivity index (χ4n) is 1.65. The fraction of sp³-hybridized carbons (Fsp3) is 0.467. The molecule has 0 aliphatic heterocycles. The van der Waals surface area contributed by atoms with Gasteiger partial charge in [-0.2, -0.15) is 8.42 Å². The van der Waals surface area contributed by atoms with E-state index in [1.54, 1.807) is 12.1 Å². The summed E-state index contributed by atoms with van der Waals surface area (Å²) in [5.41, 5.74) is 0.996. The molecule has 1 atom stereocenters. The molecule has 4 heteroatoms. The zero-order valence-electron chi connectivity index (χ0n) is 11.4. The second-order valence-corrected chi connectivity index (χ2v) is 6.09. The van der Waals surface area contributed by atoms with E-state index >= 15 is 0 Å². The molecule has 0 amide bonds. The largest absolute Gasteiger partial charge is 0.298 e. The molecule has 1 aromatic carbocycles. The van der Waals surface area contributed by atoms with Crippen molar-refractivity contribution < 1.29 is 12.6 Å². The zero-order valence-corrected chi connectivity index (χ0v) is 12.2. The van der Waals surface area contributed by atoms with E-state index in [4.69, 9.17) is 10.6 Å². The maximum atomic E-state index is 12.0. The quantitative estimate of drug-likeness (QED) is 0.437. The molecule has 0 spiro atoms. The van der Waals surface area contributed by atoms with Gasteiger partial charge in [-0.25, -0.2) is 4.18 Å². The van der Waals surface area contributed by atoms with Crippen molar-refractivity contribution in [3.63, 3.8) is 0 Å². The summed E-state index contributed by atoms with van der Waals surface area (Å²) in [4.78, 5) is 0.147. The molecule has 0 radical (unpaired) electrons. The van der Waals surface area contributed by atoms with Crippen LogP contribution in [0.2, 0.25) is 0 Å². The first kappa shape index (κ1) is 15.7. The Hall–Kier alpha value is -1.31. The average Bonchev–Trinajstić information content (AvgIpc) is 2.38. The average molecular weight is 280 g/mol. The van der Waals surface area contributed by atoms with Crippen LogP contribution in [0.3, 0.4) is 0 Å². The summed E-state index contributed by atoms with van der Waals surface area (Å²) in [6.07, 6.45) is 8.15. The van der Waals surface area contributed by atoms with Crippen molar-refractivity contribution >= 4 is 10.1 Å². The van der Waals surface area contributed by atoms with E-state index in [0.717, 1.165) is 24.8 Å². The Balaban J connectivity index is 2.72. The van der Waals surface area contributed by atoms with Gasteiger partial charge in [-0.05, 0) is 31.9 Å². The van der Waals surface area contributed by atoms with E-state index in [2.05, 4.69) is 12.8 Å². The van der Waals surface area contributed by atoms with E-state index in [9.17, 15) is 8.42 Å². The van der Waals surface area contributed by atoms with Gasteiger partial charge in [-0.15, -0.1) is 6.42 Å². The number of terminal acetylenes is 1. The predicted octanol–water partition coefficient (Wildman–Crippen LogP) is 3.28. The molecule has 0 aliphatic rings. The number of unbranched alkanes of at least 4 members (excludes halogenated alkanes) is 2. The molecule has 0 N–H and O–H groups in total. The molecule has 0 bridgehead atoms. The number of hydrogen-bond donors (Lipinski definition) is 0. The molecule has 0 saturated heterocycles. The van der Waals surface area contributed by atoms with E-state index in [1.807, 2.05) is 6.92 Å². The van der Waals surface area contributed by atoms with Gasteiger partial charge in [-0.3, -0.25) is 0 Å². The molecular weight excluding hydrogens is 260 g/mol. The van der Waals surface area contributed by atoms with Crippen LogP contribution in [0.15, 0.2) is 29.2 Å². The van der Waals surface area contributed by atoms with Crippen LogP contribution in [0.5, 0.6) is 0 Å². The highest BCUT2D eigenvalue weighted by molar-refractivity contribution is 7.86. The normalized spacial score (nSPS) is 12.9. The SMILES string of the molecule is C#C[C@@H](CCCCC)OS(=O)(=O)c1ccc(C)cc1. The second-order valence-electron chi connectivity index (χ2n) is 4.51. The Kier molecular flexibility index (Phi) is 6.07. The van der Waals surface area contributed by atoms with Crippen LogP contribution in [-0.4, -0.2) is 14.5 Å². The predicted molar refractivity (Wildman–Crippen MR) is 76.2 cm³/mol. The molecule has 1 rings (SSSR count). The van der Waals surface area contributed by atoms with Crippen molar-refractivity contribution in [2.24, 2.45) is 0 Å². The van der Waals surface area contributed by atoms with Crippen molar-refractivity contribution in [3.8, 4) is 12.3 Å². The van der Waals surface area contributed by atoms with Crippen LogP contribution in [0, 0.1) is 19.3 Å². The first-order chi connectivity index (χ1) is 8.99. The fourth-order valence-corrected chi connectivity index (χ4v) is 2.69. The maximum absolute atomic E-state index is 12.0. The van der Waals surface area contributed by atoms with Crippen LogP contribution in [-0.2, 0) is 14.3 Å². The number of rotatable bonds is 7. The molecule has 3 nitrogen and oxygen atoms in total. The highest BCUT2D eigenvalue weighted by Gasteiger charge is 2.20. The molecule has 0 saturated carbocycles. The summed E-state index contributed by atoms with van der Waals surface area (Å²) in [5, 5.41) is 0. The number of aryl methyl sites for hydroxylation is 1. The van der Waals surface area contributed by atoms with Gasteiger partial charge in [0.1, 0.15) is 6.10 Å². The third kappa shape index (κ3) is 5.06. The summed E-state index contributed by atoms with van der Waals surface area (Å²) in [5.74, 6) is 2.40. The van der Waals surface area contributed by atoms with Gasteiger partial charge >= 0.3 is 0 Å². The lowest BCUT2D eigenvalue weighted by molar-refractivity contribution is 0.249. The van der Waals surface area contributed by atoms with Gasteiger partial charge in [0.2, 0.25) is 0 Å². The lowest BCUT2D eigenvalue weighted by atomic mass is 10.1. The van der Waals surface area contributed by atoms with Crippen LogP contribution in [0.1, 0.15) is 38.2 Å². The van der Waals surface area contributed by atoms with Crippen molar-refractivity contribution in [1.29, 1.82) is 0 Å².